The van der Waals surface area contributed by atoms with Gasteiger partial charge in [0.15, 0.2) is 0 Å². The van der Waals surface area contributed by atoms with Gasteiger partial charge in [-0.15, -0.1) is 5.10 Å². The van der Waals surface area contributed by atoms with Gasteiger partial charge in [-0.1, -0.05) is 37.3 Å². The molecule has 4 heteroatoms. The SMILES string of the molecule is Cc1ccccc1-n1nnc(C(C)C)c1CN. The maximum absolute atomic E-state index is 5.82. The van der Waals surface area contributed by atoms with E-state index in [0.717, 1.165) is 17.1 Å². The van der Waals surface area contributed by atoms with E-state index in [-0.39, 0.29) is 0 Å². The van der Waals surface area contributed by atoms with Crippen LogP contribution in [0.5, 0.6) is 0 Å². The molecule has 1 aromatic heterocycles. The smallest absolute Gasteiger partial charge is 0.0902 e. The molecule has 0 amide bonds. The molecule has 0 bridgehead atoms. The summed E-state index contributed by atoms with van der Waals surface area (Å²) < 4.78 is 1.85. The second kappa shape index (κ2) is 4.67. The van der Waals surface area contributed by atoms with Gasteiger partial charge in [-0.2, -0.15) is 0 Å². The van der Waals surface area contributed by atoms with Gasteiger partial charge in [0.1, 0.15) is 0 Å². The van der Waals surface area contributed by atoms with E-state index in [1.165, 1.54) is 5.56 Å². The van der Waals surface area contributed by atoms with E-state index in [1.54, 1.807) is 0 Å². The van der Waals surface area contributed by atoms with E-state index < -0.39 is 0 Å². The van der Waals surface area contributed by atoms with Crippen LogP contribution in [0.25, 0.3) is 5.69 Å². The highest BCUT2D eigenvalue weighted by molar-refractivity contribution is 5.41. The zero-order valence-electron chi connectivity index (χ0n) is 10.5. The first-order chi connectivity index (χ1) is 8.15. The number of nitrogens with zero attached hydrogens (tertiary/aromatic N) is 3. The number of hydrogen-bond donors (Lipinski definition) is 1. The van der Waals surface area contributed by atoms with Crippen LogP contribution in [0.2, 0.25) is 0 Å². The Hall–Kier alpha value is -1.68. The summed E-state index contributed by atoms with van der Waals surface area (Å²) in [5.41, 5.74) is 10.0. The van der Waals surface area contributed by atoms with Crippen molar-refractivity contribution in [3.63, 3.8) is 0 Å². The fraction of sp³-hybridized carbons (Fsp3) is 0.385. The highest BCUT2D eigenvalue weighted by Gasteiger charge is 2.16. The van der Waals surface area contributed by atoms with E-state index in [1.807, 2.05) is 22.9 Å². The van der Waals surface area contributed by atoms with Crippen molar-refractivity contribution in [2.45, 2.75) is 33.2 Å². The first-order valence-corrected chi connectivity index (χ1v) is 5.85. The van der Waals surface area contributed by atoms with Crippen LogP contribution in [0.4, 0.5) is 0 Å². The van der Waals surface area contributed by atoms with Gasteiger partial charge in [-0.25, -0.2) is 4.68 Å². The molecule has 0 aliphatic rings. The Morgan fingerprint density at radius 3 is 2.59 bits per heavy atom. The lowest BCUT2D eigenvalue weighted by Gasteiger charge is -2.09. The molecule has 0 spiro atoms. The van der Waals surface area contributed by atoms with Crippen LogP contribution in [-0.2, 0) is 6.54 Å². The Kier molecular flexibility index (Phi) is 3.24. The maximum Gasteiger partial charge on any atom is 0.0902 e. The van der Waals surface area contributed by atoms with E-state index >= 15 is 0 Å². The number of para-hydroxylation sites is 1. The molecule has 0 unspecified atom stereocenters. The molecule has 0 aliphatic carbocycles. The van der Waals surface area contributed by atoms with Gasteiger partial charge in [0.05, 0.1) is 17.1 Å². The molecule has 0 radical (unpaired) electrons. The van der Waals surface area contributed by atoms with Gasteiger partial charge in [0.2, 0.25) is 0 Å². The van der Waals surface area contributed by atoms with E-state index in [9.17, 15) is 0 Å². The third-order valence-electron chi connectivity index (χ3n) is 2.88. The van der Waals surface area contributed by atoms with E-state index in [0.29, 0.717) is 12.5 Å². The second-order valence-electron chi connectivity index (χ2n) is 4.48. The summed E-state index contributed by atoms with van der Waals surface area (Å²) in [6.07, 6.45) is 0. The minimum Gasteiger partial charge on any atom is -0.325 e. The molecule has 0 atom stereocenters. The van der Waals surface area contributed by atoms with Gasteiger partial charge < -0.3 is 5.73 Å². The highest BCUT2D eigenvalue weighted by atomic mass is 15.4. The molecule has 2 N–H and O–H groups in total. The average molecular weight is 230 g/mol. The van der Waals surface area contributed by atoms with Crippen molar-refractivity contribution in [3.8, 4) is 5.69 Å². The van der Waals surface area contributed by atoms with Crippen molar-refractivity contribution in [2.75, 3.05) is 0 Å². The maximum atomic E-state index is 5.82. The van der Waals surface area contributed by atoms with Crippen LogP contribution in [0, 0.1) is 6.92 Å². The molecule has 0 saturated carbocycles. The van der Waals surface area contributed by atoms with Gasteiger partial charge in [-0.05, 0) is 24.5 Å². The molecule has 2 aromatic rings. The zero-order chi connectivity index (χ0) is 12.4. The number of hydrogen-bond acceptors (Lipinski definition) is 3. The Bertz CT molecular complexity index is 514. The van der Waals surface area contributed by atoms with Crippen LogP contribution < -0.4 is 5.73 Å². The number of benzene rings is 1. The molecule has 0 aliphatic heterocycles. The summed E-state index contributed by atoms with van der Waals surface area (Å²) in [6.45, 7) is 6.72. The molecule has 1 heterocycles. The van der Waals surface area contributed by atoms with Crippen LogP contribution >= 0.6 is 0 Å². The average Bonchev–Trinajstić information content (AvgIpc) is 2.73. The standard InChI is InChI=1S/C13H18N4/c1-9(2)13-12(8-14)17(16-15-13)11-7-5-4-6-10(11)3/h4-7,9H,8,14H2,1-3H3. The Labute approximate surface area is 101 Å². The molecule has 4 nitrogen and oxygen atoms in total. The summed E-state index contributed by atoms with van der Waals surface area (Å²) in [4.78, 5) is 0. The number of nitrogens with two attached hydrogens (primary N) is 1. The highest BCUT2D eigenvalue weighted by Crippen LogP contribution is 2.20. The lowest BCUT2D eigenvalue weighted by Crippen LogP contribution is -2.10. The van der Waals surface area contributed by atoms with Crippen LogP contribution in [0.1, 0.15) is 36.7 Å². The van der Waals surface area contributed by atoms with Gasteiger partial charge in [0, 0.05) is 6.54 Å². The van der Waals surface area contributed by atoms with E-state index in [4.69, 9.17) is 5.73 Å². The summed E-state index contributed by atoms with van der Waals surface area (Å²) in [5.74, 6) is 0.339. The number of rotatable bonds is 3. The Balaban J connectivity index is 2.57. The summed E-state index contributed by atoms with van der Waals surface area (Å²) in [7, 11) is 0. The third-order valence-corrected chi connectivity index (χ3v) is 2.88. The normalized spacial score (nSPS) is 11.1. The first-order valence-electron chi connectivity index (χ1n) is 5.85. The van der Waals surface area contributed by atoms with Crippen LogP contribution in [0.15, 0.2) is 24.3 Å². The molecule has 2 rings (SSSR count). The molecule has 0 saturated heterocycles. The van der Waals surface area contributed by atoms with Crippen molar-refractivity contribution in [1.82, 2.24) is 15.0 Å². The summed E-state index contributed by atoms with van der Waals surface area (Å²) in [5, 5.41) is 8.46. The summed E-state index contributed by atoms with van der Waals surface area (Å²) >= 11 is 0. The van der Waals surface area contributed by atoms with Crippen molar-refractivity contribution >= 4 is 0 Å². The van der Waals surface area contributed by atoms with E-state index in [2.05, 4.69) is 37.1 Å². The van der Waals surface area contributed by atoms with Crippen molar-refractivity contribution in [3.05, 3.63) is 41.2 Å². The van der Waals surface area contributed by atoms with Gasteiger partial charge in [0.25, 0.3) is 0 Å². The predicted octanol–water partition coefficient (Wildman–Crippen LogP) is 2.16. The third kappa shape index (κ3) is 2.08. The Morgan fingerprint density at radius 1 is 1.29 bits per heavy atom. The lowest BCUT2D eigenvalue weighted by molar-refractivity contribution is 0.757. The Morgan fingerprint density at radius 2 is 2.00 bits per heavy atom. The largest absolute Gasteiger partial charge is 0.325 e. The van der Waals surface area contributed by atoms with Crippen molar-refractivity contribution < 1.29 is 0 Å². The molecule has 1 aromatic carbocycles. The zero-order valence-corrected chi connectivity index (χ0v) is 10.5. The molecule has 0 fully saturated rings. The van der Waals surface area contributed by atoms with Crippen molar-refractivity contribution in [2.24, 2.45) is 5.73 Å². The lowest BCUT2D eigenvalue weighted by atomic mass is 10.1. The molecular formula is C13H18N4. The second-order valence-corrected chi connectivity index (χ2v) is 4.48. The minimum absolute atomic E-state index is 0.339. The van der Waals surface area contributed by atoms with Crippen LogP contribution in [-0.4, -0.2) is 15.0 Å². The molecule has 17 heavy (non-hydrogen) atoms. The van der Waals surface area contributed by atoms with Crippen LogP contribution in [0.3, 0.4) is 0 Å². The van der Waals surface area contributed by atoms with Crippen molar-refractivity contribution in [1.29, 1.82) is 0 Å². The fourth-order valence-electron chi connectivity index (χ4n) is 1.95. The molecular weight excluding hydrogens is 212 g/mol. The first kappa shape index (κ1) is 11.8. The number of aromatic nitrogens is 3. The quantitative estimate of drug-likeness (QED) is 0.879. The predicted molar refractivity (Wildman–Crippen MR) is 68.1 cm³/mol. The van der Waals surface area contributed by atoms with Gasteiger partial charge >= 0.3 is 0 Å². The fourth-order valence-corrected chi connectivity index (χ4v) is 1.95. The monoisotopic (exact) mass is 230 g/mol. The topological polar surface area (TPSA) is 56.7 Å². The minimum atomic E-state index is 0.339. The molecule has 90 valence electrons. The summed E-state index contributed by atoms with van der Waals surface area (Å²) in [6, 6.07) is 8.11. The van der Waals surface area contributed by atoms with Gasteiger partial charge in [-0.3, -0.25) is 0 Å². The number of aryl methyl sites for hydroxylation is 1.